The van der Waals surface area contributed by atoms with Gasteiger partial charge in [-0.15, -0.1) is 11.3 Å². The molecule has 1 aliphatic rings. The van der Waals surface area contributed by atoms with Crippen LogP contribution in [0.4, 0.5) is 9.80 Å². The summed E-state index contributed by atoms with van der Waals surface area (Å²) >= 11 is 1.46. The summed E-state index contributed by atoms with van der Waals surface area (Å²) in [5.41, 5.74) is -0.705. The number of carbonyl (C=O) groups excluding carboxylic acids is 1. The smallest absolute Gasteiger partial charge is 0.399 e. The summed E-state index contributed by atoms with van der Waals surface area (Å²) in [5.74, 6) is 0. The first-order chi connectivity index (χ1) is 9.25. The summed E-state index contributed by atoms with van der Waals surface area (Å²) in [5, 5.41) is 6.26. The number of hydrogen-bond donors (Lipinski definition) is 2. The van der Waals surface area contributed by atoms with Gasteiger partial charge in [0.1, 0.15) is 0 Å². The molecule has 2 rings (SSSR count). The highest BCUT2D eigenvalue weighted by molar-refractivity contribution is 7.25. The van der Waals surface area contributed by atoms with Gasteiger partial charge in [0.25, 0.3) is 0 Å². The Labute approximate surface area is 124 Å². The van der Waals surface area contributed by atoms with Crippen molar-refractivity contribution in [2.24, 2.45) is 0 Å². The minimum absolute atomic E-state index is 0.199. The van der Waals surface area contributed by atoms with E-state index in [1.54, 1.807) is 0 Å². The second-order valence-corrected chi connectivity index (χ2v) is 6.89. The van der Waals surface area contributed by atoms with Crippen molar-refractivity contribution in [3.63, 3.8) is 0 Å². The van der Waals surface area contributed by atoms with Crippen LogP contribution in [0.25, 0.3) is 0 Å². The van der Waals surface area contributed by atoms with Crippen LogP contribution in [0.3, 0.4) is 0 Å². The van der Waals surface area contributed by atoms with Crippen molar-refractivity contribution in [1.82, 2.24) is 5.32 Å². The topological polar surface area (TPSA) is 59.6 Å². The number of thiophene rings is 1. The maximum absolute atomic E-state index is 11.5. The molecule has 0 spiro atoms. The highest BCUT2D eigenvalue weighted by Gasteiger charge is 2.52. The molecule has 1 aromatic heterocycles. The van der Waals surface area contributed by atoms with E-state index in [-0.39, 0.29) is 24.4 Å². The Morgan fingerprint density at radius 1 is 1.25 bits per heavy atom. The second kappa shape index (κ2) is 5.39. The van der Waals surface area contributed by atoms with Crippen molar-refractivity contribution in [3.8, 4) is 0 Å². The van der Waals surface area contributed by atoms with E-state index in [2.05, 4.69) is 10.6 Å². The Morgan fingerprint density at radius 2 is 1.85 bits per heavy atom. The molecule has 0 radical (unpaired) electrons. The molecule has 2 heterocycles. The number of amides is 2. The fourth-order valence-electron chi connectivity index (χ4n) is 1.82. The molecule has 0 atom stereocenters. The first-order valence-corrected chi connectivity index (χ1v) is 7.57. The van der Waals surface area contributed by atoms with E-state index in [1.165, 1.54) is 11.3 Å². The van der Waals surface area contributed by atoms with Crippen LogP contribution < -0.4 is 15.4 Å². The van der Waals surface area contributed by atoms with Gasteiger partial charge in [0.2, 0.25) is 0 Å². The van der Waals surface area contributed by atoms with Crippen molar-refractivity contribution < 1.29 is 14.1 Å². The number of urea groups is 1. The number of rotatable bonds is 3. The molecule has 7 heteroatoms. The zero-order valence-corrected chi connectivity index (χ0v) is 13.4. The van der Waals surface area contributed by atoms with Crippen LogP contribution in [0, 0.1) is 0 Å². The Bertz CT molecular complexity index is 486. The molecule has 110 valence electrons. The van der Waals surface area contributed by atoms with E-state index in [4.69, 9.17) is 9.31 Å². The molecule has 1 saturated heterocycles. The molecule has 2 amide bonds. The van der Waals surface area contributed by atoms with Crippen LogP contribution in [0.1, 0.15) is 34.6 Å². The van der Waals surface area contributed by atoms with Crippen LogP contribution in [0.5, 0.6) is 0 Å². The van der Waals surface area contributed by atoms with Crippen molar-refractivity contribution in [1.29, 1.82) is 0 Å². The summed E-state index contributed by atoms with van der Waals surface area (Å²) in [4.78, 5) is 11.5. The predicted molar refractivity (Wildman–Crippen MR) is 82.7 cm³/mol. The van der Waals surface area contributed by atoms with Gasteiger partial charge in [-0.2, -0.15) is 0 Å². The zero-order chi connectivity index (χ0) is 15.0. The lowest BCUT2D eigenvalue weighted by molar-refractivity contribution is 0.00578. The Hall–Kier alpha value is -1.05. The number of hydrogen-bond acceptors (Lipinski definition) is 4. The molecule has 2 N–H and O–H groups in total. The first-order valence-electron chi connectivity index (χ1n) is 6.75. The largest absolute Gasteiger partial charge is 0.505 e. The van der Waals surface area contributed by atoms with Gasteiger partial charge in [0, 0.05) is 11.3 Å². The lowest BCUT2D eigenvalue weighted by Crippen LogP contribution is -2.41. The van der Waals surface area contributed by atoms with E-state index in [9.17, 15) is 4.79 Å². The summed E-state index contributed by atoms with van der Waals surface area (Å²) in [6.07, 6.45) is 0. The number of anilines is 1. The van der Waals surface area contributed by atoms with Crippen LogP contribution in [0.15, 0.2) is 12.1 Å². The van der Waals surface area contributed by atoms with Crippen LogP contribution in [-0.4, -0.2) is 30.9 Å². The maximum Gasteiger partial charge on any atom is 0.505 e. The zero-order valence-electron chi connectivity index (χ0n) is 12.6. The Balaban J connectivity index is 2.05. The molecule has 0 unspecified atom stereocenters. The minimum Gasteiger partial charge on any atom is -0.399 e. The van der Waals surface area contributed by atoms with Crippen molar-refractivity contribution >= 4 is 34.3 Å². The third kappa shape index (κ3) is 3.00. The SMILES string of the molecule is CCNC(=O)Nc1ccc(B2OC(C)(C)C(C)(C)O2)s1. The maximum atomic E-state index is 11.5. The molecule has 1 aliphatic heterocycles. The molecule has 0 saturated carbocycles. The van der Waals surface area contributed by atoms with Crippen molar-refractivity contribution in [2.75, 3.05) is 11.9 Å². The summed E-state index contributed by atoms with van der Waals surface area (Å²) in [7, 11) is -0.380. The Kier molecular flexibility index (Phi) is 4.13. The van der Waals surface area contributed by atoms with Crippen molar-refractivity contribution in [3.05, 3.63) is 12.1 Å². The van der Waals surface area contributed by atoms with E-state index in [0.717, 1.165) is 9.78 Å². The fourth-order valence-corrected chi connectivity index (χ4v) is 2.68. The monoisotopic (exact) mass is 296 g/mol. The Morgan fingerprint density at radius 3 is 2.40 bits per heavy atom. The minimum atomic E-state index is -0.380. The molecular formula is C13H21BN2O3S. The predicted octanol–water partition coefficient (Wildman–Crippen LogP) is 2.19. The average Bonchev–Trinajstić information content (AvgIpc) is 2.83. The highest BCUT2D eigenvalue weighted by atomic mass is 32.1. The summed E-state index contributed by atoms with van der Waals surface area (Å²) in [6, 6.07) is 3.59. The lowest BCUT2D eigenvalue weighted by Gasteiger charge is -2.32. The lowest BCUT2D eigenvalue weighted by atomic mass is 9.88. The molecule has 5 nitrogen and oxygen atoms in total. The van der Waals surface area contributed by atoms with Gasteiger partial charge in [-0.1, -0.05) is 0 Å². The van der Waals surface area contributed by atoms with Gasteiger partial charge >= 0.3 is 13.1 Å². The first kappa shape index (κ1) is 15.3. The number of carbonyl (C=O) groups is 1. The van der Waals surface area contributed by atoms with Crippen LogP contribution in [-0.2, 0) is 9.31 Å². The van der Waals surface area contributed by atoms with Crippen LogP contribution in [0.2, 0.25) is 0 Å². The standard InChI is InChI=1S/C13H21BN2O3S/c1-6-15-11(17)16-10-8-7-9(20-10)14-18-12(2,3)13(4,5)19-14/h7-8H,6H2,1-5H3,(H2,15,16,17). The molecule has 0 aromatic carbocycles. The van der Waals surface area contributed by atoms with Gasteiger partial charge in [0.15, 0.2) is 0 Å². The molecule has 0 bridgehead atoms. The van der Waals surface area contributed by atoms with Gasteiger partial charge in [-0.25, -0.2) is 4.79 Å². The third-order valence-electron chi connectivity index (χ3n) is 3.69. The molecule has 1 fully saturated rings. The van der Waals surface area contributed by atoms with E-state index in [0.29, 0.717) is 6.54 Å². The van der Waals surface area contributed by atoms with E-state index in [1.807, 2.05) is 46.8 Å². The van der Waals surface area contributed by atoms with Gasteiger partial charge in [-0.05, 0) is 46.8 Å². The van der Waals surface area contributed by atoms with Gasteiger partial charge < -0.3 is 14.6 Å². The highest BCUT2D eigenvalue weighted by Crippen LogP contribution is 2.37. The third-order valence-corrected chi connectivity index (χ3v) is 4.71. The molecule has 0 aliphatic carbocycles. The van der Waals surface area contributed by atoms with Gasteiger partial charge in [0.05, 0.1) is 16.2 Å². The normalized spacial score (nSPS) is 19.9. The van der Waals surface area contributed by atoms with E-state index < -0.39 is 0 Å². The van der Waals surface area contributed by atoms with Gasteiger partial charge in [-0.3, -0.25) is 5.32 Å². The fraction of sp³-hybridized carbons (Fsp3) is 0.615. The molecule has 20 heavy (non-hydrogen) atoms. The van der Waals surface area contributed by atoms with E-state index >= 15 is 0 Å². The summed E-state index contributed by atoms with van der Waals surface area (Å²) < 4.78 is 12.9. The summed E-state index contributed by atoms with van der Waals surface area (Å²) in [6.45, 7) is 10.6. The average molecular weight is 296 g/mol. The van der Waals surface area contributed by atoms with Crippen LogP contribution >= 0.6 is 11.3 Å². The quantitative estimate of drug-likeness (QED) is 0.841. The molecule has 1 aromatic rings. The number of nitrogens with one attached hydrogen (secondary N) is 2. The second-order valence-electron chi connectivity index (χ2n) is 5.77. The molecular weight excluding hydrogens is 275 g/mol. The van der Waals surface area contributed by atoms with Crippen molar-refractivity contribution in [2.45, 2.75) is 45.8 Å².